The molecule has 0 heterocycles. The molecular weight excluding hydrogens is 210 g/mol. The molecule has 0 aromatic rings. The lowest BCUT2D eigenvalue weighted by Crippen LogP contribution is -2.34. The van der Waals surface area contributed by atoms with Gasteiger partial charge in [0.05, 0.1) is 11.8 Å². The SMILES string of the molecule is NCCOC(=O)C1C2C=CC(C2)C1C(=O)O. The van der Waals surface area contributed by atoms with Crippen molar-refractivity contribution < 1.29 is 19.4 Å². The van der Waals surface area contributed by atoms with Crippen molar-refractivity contribution in [2.75, 3.05) is 13.2 Å². The molecule has 0 aliphatic heterocycles. The molecule has 2 aliphatic carbocycles. The summed E-state index contributed by atoms with van der Waals surface area (Å²) in [5.41, 5.74) is 5.24. The predicted molar refractivity (Wildman–Crippen MR) is 55.4 cm³/mol. The second kappa shape index (κ2) is 4.25. The van der Waals surface area contributed by atoms with Gasteiger partial charge in [0.15, 0.2) is 0 Å². The van der Waals surface area contributed by atoms with E-state index in [2.05, 4.69) is 0 Å². The monoisotopic (exact) mass is 225 g/mol. The van der Waals surface area contributed by atoms with Crippen molar-refractivity contribution in [2.24, 2.45) is 29.4 Å². The van der Waals surface area contributed by atoms with E-state index in [1.807, 2.05) is 12.2 Å². The lowest BCUT2D eigenvalue weighted by Gasteiger charge is -2.22. The van der Waals surface area contributed by atoms with Gasteiger partial charge in [0.25, 0.3) is 0 Å². The zero-order valence-corrected chi connectivity index (χ0v) is 8.83. The number of hydrogen-bond acceptors (Lipinski definition) is 4. The summed E-state index contributed by atoms with van der Waals surface area (Å²) in [6.07, 6.45) is 4.58. The first-order valence-electron chi connectivity index (χ1n) is 5.43. The van der Waals surface area contributed by atoms with Crippen LogP contribution in [0.2, 0.25) is 0 Å². The van der Waals surface area contributed by atoms with Crippen LogP contribution in [-0.2, 0) is 14.3 Å². The van der Waals surface area contributed by atoms with Crippen LogP contribution < -0.4 is 5.73 Å². The van der Waals surface area contributed by atoms with Crippen LogP contribution in [0.15, 0.2) is 12.2 Å². The van der Waals surface area contributed by atoms with Gasteiger partial charge in [0.2, 0.25) is 0 Å². The van der Waals surface area contributed by atoms with Gasteiger partial charge in [-0.05, 0) is 18.3 Å². The van der Waals surface area contributed by atoms with Crippen molar-refractivity contribution in [2.45, 2.75) is 6.42 Å². The van der Waals surface area contributed by atoms with E-state index in [0.29, 0.717) is 0 Å². The number of esters is 1. The Morgan fingerprint density at radius 2 is 1.94 bits per heavy atom. The van der Waals surface area contributed by atoms with Gasteiger partial charge in [-0.2, -0.15) is 0 Å². The normalized spacial score (nSPS) is 35.3. The maximum Gasteiger partial charge on any atom is 0.310 e. The Kier molecular flexibility index (Phi) is 2.96. The molecule has 1 fully saturated rings. The summed E-state index contributed by atoms with van der Waals surface area (Å²) in [5.74, 6) is -2.48. The Morgan fingerprint density at radius 1 is 1.31 bits per heavy atom. The van der Waals surface area contributed by atoms with Crippen molar-refractivity contribution in [1.29, 1.82) is 0 Å². The first-order valence-corrected chi connectivity index (χ1v) is 5.43. The fourth-order valence-corrected chi connectivity index (χ4v) is 2.74. The zero-order chi connectivity index (χ0) is 11.7. The van der Waals surface area contributed by atoms with Crippen molar-refractivity contribution in [3.05, 3.63) is 12.2 Å². The van der Waals surface area contributed by atoms with Crippen LogP contribution in [-0.4, -0.2) is 30.2 Å². The molecule has 0 spiro atoms. The van der Waals surface area contributed by atoms with Crippen LogP contribution in [0.5, 0.6) is 0 Å². The fraction of sp³-hybridized carbons (Fsp3) is 0.636. The highest BCUT2D eigenvalue weighted by molar-refractivity contribution is 5.83. The average Bonchev–Trinajstić information content (AvgIpc) is 2.84. The Hall–Kier alpha value is -1.36. The van der Waals surface area contributed by atoms with Crippen LogP contribution in [0.25, 0.3) is 0 Å². The Morgan fingerprint density at radius 3 is 2.50 bits per heavy atom. The summed E-state index contributed by atoms with van der Waals surface area (Å²) >= 11 is 0. The van der Waals surface area contributed by atoms with Crippen LogP contribution in [0.4, 0.5) is 0 Å². The van der Waals surface area contributed by atoms with E-state index in [4.69, 9.17) is 15.6 Å². The van der Waals surface area contributed by atoms with Crippen molar-refractivity contribution in [3.63, 3.8) is 0 Å². The Bertz CT molecular complexity index is 339. The molecule has 4 atom stereocenters. The zero-order valence-electron chi connectivity index (χ0n) is 8.83. The first-order chi connectivity index (χ1) is 7.65. The van der Waals surface area contributed by atoms with Gasteiger partial charge in [-0.3, -0.25) is 9.59 Å². The summed E-state index contributed by atoms with van der Waals surface area (Å²) in [6.45, 7) is 0.420. The third kappa shape index (κ3) is 1.71. The summed E-state index contributed by atoms with van der Waals surface area (Å²) < 4.78 is 4.95. The molecule has 0 aromatic carbocycles. The van der Waals surface area contributed by atoms with Gasteiger partial charge in [0.1, 0.15) is 6.61 Å². The second-order valence-corrected chi connectivity index (χ2v) is 4.29. The molecule has 5 nitrogen and oxygen atoms in total. The van der Waals surface area contributed by atoms with Crippen LogP contribution >= 0.6 is 0 Å². The number of carbonyl (C=O) groups excluding carboxylic acids is 1. The number of carboxylic acid groups (broad SMARTS) is 1. The van der Waals surface area contributed by atoms with Crippen molar-refractivity contribution in [3.8, 4) is 0 Å². The minimum atomic E-state index is -0.911. The molecule has 2 aliphatic rings. The van der Waals surface area contributed by atoms with Gasteiger partial charge < -0.3 is 15.6 Å². The van der Waals surface area contributed by atoms with Crippen molar-refractivity contribution in [1.82, 2.24) is 0 Å². The highest BCUT2D eigenvalue weighted by Crippen LogP contribution is 2.48. The standard InChI is InChI=1S/C11H15NO4/c12-3-4-16-11(15)9-7-2-1-6(5-7)8(9)10(13)14/h1-2,6-9H,3-5,12H2,(H,13,14). The number of rotatable bonds is 4. The molecule has 1 saturated carbocycles. The van der Waals surface area contributed by atoms with Gasteiger partial charge in [-0.15, -0.1) is 0 Å². The number of fused-ring (bicyclic) bond motifs is 2. The molecular formula is C11H15NO4. The Labute approximate surface area is 93.3 Å². The summed E-state index contributed by atoms with van der Waals surface area (Å²) in [5, 5.41) is 9.11. The number of nitrogens with two attached hydrogens (primary N) is 1. The predicted octanol–water partition coefficient (Wildman–Crippen LogP) is 0.0112. The molecule has 0 amide bonds. The summed E-state index contributed by atoms with van der Waals surface area (Å²) in [7, 11) is 0. The van der Waals surface area contributed by atoms with Crippen LogP contribution in [0, 0.1) is 23.7 Å². The molecule has 88 valence electrons. The maximum atomic E-state index is 11.7. The van der Waals surface area contributed by atoms with Crippen LogP contribution in [0.3, 0.4) is 0 Å². The van der Waals surface area contributed by atoms with Gasteiger partial charge in [-0.1, -0.05) is 12.2 Å². The van der Waals surface area contributed by atoms with Crippen LogP contribution in [0.1, 0.15) is 6.42 Å². The van der Waals surface area contributed by atoms with E-state index < -0.39 is 23.8 Å². The molecule has 2 rings (SSSR count). The number of ether oxygens (including phenoxy) is 1. The van der Waals surface area contributed by atoms with E-state index in [1.165, 1.54) is 0 Å². The molecule has 0 saturated heterocycles. The number of allylic oxidation sites excluding steroid dienone is 2. The topological polar surface area (TPSA) is 89.6 Å². The lowest BCUT2D eigenvalue weighted by atomic mass is 9.83. The smallest absolute Gasteiger partial charge is 0.310 e. The fourth-order valence-electron chi connectivity index (χ4n) is 2.74. The molecule has 0 aromatic heterocycles. The molecule has 0 radical (unpaired) electrons. The first kappa shape index (κ1) is 11.1. The molecule has 16 heavy (non-hydrogen) atoms. The third-order valence-corrected chi connectivity index (χ3v) is 3.38. The summed E-state index contributed by atoms with van der Waals surface area (Å²) in [6, 6.07) is 0. The lowest BCUT2D eigenvalue weighted by molar-refractivity contribution is -0.158. The number of hydrogen-bond donors (Lipinski definition) is 2. The van der Waals surface area contributed by atoms with Gasteiger partial charge >= 0.3 is 11.9 Å². The average molecular weight is 225 g/mol. The van der Waals surface area contributed by atoms with E-state index in [1.54, 1.807) is 0 Å². The molecule has 5 heteroatoms. The van der Waals surface area contributed by atoms with E-state index >= 15 is 0 Å². The molecule has 3 N–H and O–H groups in total. The molecule has 2 bridgehead atoms. The maximum absolute atomic E-state index is 11.7. The largest absolute Gasteiger partial charge is 0.481 e. The highest BCUT2D eigenvalue weighted by Gasteiger charge is 2.52. The number of carbonyl (C=O) groups is 2. The van der Waals surface area contributed by atoms with E-state index in [0.717, 1.165) is 6.42 Å². The number of aliphatic carboxylic acids is 1. The minimum absolute atomic E-state index is 0.0158. The minimum Gasteiger partial charge on any atom is -0.481 e. The second-order valence-electron chi connectivity index (χ2n) is 4.29. The quantitative estimate of drug-likeness (QED) is 0.519. The van der Waals surface area contributed by atoms with E-state index in [9.17, 15) is 9.59 Å². The third-order valence-electron chi connectivity index (χ3n) is 3.38. The molecule has 4 unspecified atom stereocenters. The van der Waals surface area contributed by atoms with Crippen molar-refractivity contribution >= 4 is 11.9 Å². The Balaban J connectivity index is 2.10. The number of carboxylic acids is 1. The highest BCUT2D eigenvalue weighted by atomic mass is 16.5. The van der Waals surface area contributed by atoms with Gasteiger partial charge in [-0.25, -0.2) is 0 Å². The summed E-state index contributed by atoms with van der Waals surface area (Å²) in [4.78, 5) is 22.8. The van der Waals surface area contributed by atoms with Gasteiger partial charge in [0, 0.05) is 6.54 Å². The van der Waals surface area contributed by atoms with E-state index in [-0.39, 0.29) is 25.0 Å².